The predicted octanol–water partition coefficient (Wildman–Crippen LogP) is 4.27. The molecule has 0 amide bonds. The van der Waals surface area contributed by atoms with Crippen molar-refractivity contribution in [3.05, 3.63) is 34.9 Å². The van der Waals surface area contributed by atoms with Gasteiger partial charge in [-0.15, -0.1) is 0 Å². The van der Waals surface area contributed by atoms with Crippen LogP contribution in [0.4, 0.5) is 0 Å². The Morgan fingerprint density at radius 3 is 2.27 bits per heavy atom. The lowest BCUT2D eigenvalue weighted by Gasteiger charge is -2.07. The molecule has 82 valence electrons. The first-order valence-corrected chi connectivity index (χ1v) is 5.72. The molecular formula is C14H21N. The Kier molecular flexibility index (Phi) is 6.45. The van der Waals surface area contributed by atoms with Gasteiger partial charge in [-0.1, -0.05) is 46.8 Å². The van der Waals surface area contributed by atoms with Gasteiger partial charge in [0.15, 0.2) is 0 Å². The van der Waals surface area contributed by atoms with E-state index in [9.17, 15) is 0 Å². The second kappa shape index (κ2) is 7.06. The topological polar surface area (TPSA) is 23.8 Å². The van der Waals surface area contributed by atoms with Crippen LogP contribution in [0.15, 0.2) is 18.2 Å². The normalized spacial score (nSPS) is 9.13. The van der Waals surface area contributed by atoms with Crippen molar-refractivity contribution in [1.82, 2.24) is 0 Å². The van der Waals surface area contributed by atoms with Crippen molar-refractivity contribution < 1.29 is 0 Å². The summed E-state index contributed by atoms with van der Waals surface area (Å²) in [4.78, 5) is 0. The zero-order valence-electron chi connectivity index (χ0n) is 10.5. The number of hydrogen-bond acceptors (Lipinski definition) is 1. The lowest BCUT2D eigenvalue weighted by Crippen LogP contribution is -1.92. The van der Waals surface area contributed by atoms with Crippen molar-refractivity contribution in [2.45, 2.75) is 47.0 Å². The molecule has 1 rings (SSSR count). The van der Waals surface area contributed by atoms with Crippen molar-refractivity contribution in [1.29, 1.82) is 5.26 Å². The van der Waals surface area contributed by atoms with Gasteiger partial charge in [-0.2, -0.15) is 5.26 Å². The summed E-state index contributed by atoms with van der Waals surface area (Å²) in [5, 5.41) is 8.91. The van der Waals surface area contributed by atoms with Crippen molar-refractivity contribution in [3.63, 3.8) is 0 Å². The third-order valence-corrected chi connectivity index (χ3v) is 2.30. The second-order valence-electron chi connectivity index (χ2n) is 3.54. The molecule has 0 bridgehead atoms. The van der Waals surface area contributed by atoms with E-state index in [1.54, 1.807) is 0 Å². The standard InChI is InChI=1S/C12H15N.C2H6/c1-4-10-5-6-11(9(2)3)7-12(10)8-13;1-2/h5-7,9H,4H2,1-3H3;1-2H3. The fourth-order valence-corrected chi connectivity index (χ4v) is 1.37. The van der Waals surface area contributed by atoms with Gasteiger partial charge in [0, 0.05) is 0 Å². The monoisotopic (exact) mass is 203 g/mol. The molecule has 1 aromatic carbocycles. The first-order valence-electron chi connectivity index (χ1n) is 5.72. The average Bonchev–Trinajstić information content (AvgIpc) is 2.30. The molecule has 0 aliphatic carbocycles. The van der Waals surface area contributed by atoms with E-state index in [0.717, 1.165) is 17.5 Å². The van der Waals surface area contributed by atoms with Crippen molar-refractivity contribution >= 4 is 0 Å². The van der Waals surface area contributed by atoms with E-state index < -0.39 is 0 Å². The van der Waals surface area contributed by atoms with E-state index in [4.69, 9.17) is 5.26 Å². The Bertz CT molecular complexity index is 332. The Labute approximate surface area is 93.7 Å². The van der Waals surface area contributed by atoms with Gasteiger partial charge < -0.3 is 0 Å². The number of hydrogen-bond donors (Lipinski definition) is 0. The highest BCUT2D eigenvalue weighted by atomic mass is 14.2. The van der Waals surface area contributed by atoms with Crippen molar-refractivity contribution in [3.8, 4) is 6.07 Å². The van der Waals surface area contributed by atoms with E-state index >= 15 is 0 Å². The quantitative estimate of drug-likeness (QED) is 0.704. The SMILES string of the molecule is CC.CCc1ccc(C(C)C)cc1C#N. The van der Waals surface area contributed by atoms with Crippen LogP contribution in [0.3, 0.4) is 0 Å². The van der Waals surface area contributed by atoms with Gasteiger partial charge >= 0.3 is 0 Å². The van der Waals surface area contributed by atoms with Crippen LogP contribution in [-0.4, -0.2) is 0 Å². The predicted molar refractivity (Wildman–Crippen MR) is 66.0 cm³/mol. The van der Waals surface area contributed by atoms with Crippen LogP contribution in [0.25, 0.3) is 0 Å². The van der Waals surface area contributed by atoms with Crippen molar-refractivity contribution in [2.24, 2.45) is 0 Å². The number of aryl methyl sites for hydroxylation is 1. The zero-order valence-corrected chi connectivity index (χ0v) is 10.5. The van der Waals surface area contributed by atoms with Gasteiger partial charge in [-0.05, 0) is 29.5 Å². The molecular weight excluding hydrogens is 182 g/mol. The van der Waals surface area contributed by atoms with Gasteiger partial charge in [0.2, 0.25) is 0 Å². The Morgan fingerprint density at radius 2 is 1.87 bits per heavy atom. The molecule has 1 nitrogen and oxygen atoms in total. The van der Waals surface area contributed by atoms with Gasteiger partial charge in [0.25, 0.3) is 0 Å². The third kappa shape index (κ3) is 3.75. The number of benzene rings is 1. The molecule has 0 N–H and O–H groups in total. The number of rotatable bonds is 2. The third-order valence-electron chi connectivity index (χ3n) is 2.30. The fraction of sp³-hybridized carbons (Fsp3) is 0.500. The van der Waals surface area contributed by atoms with Crippen LogP contribution in [-0.2, 0) is 6.42 Å². The lowest BCUT2D eigenvalue weighted by molar-refractivity contribution is 0.864. The summed E-state index contributed by atoms with van der Waals surface area (Å²) in [5.41, 5.74) is 3.22. The van der Waals surface area contributed by atoms with Crippen LogP contribution in [0.2, 0.25) is 0 Å². The molecule has 0 radical (unpaired) electrons. The first-order chi connectivity index (χ1) is 7.19. The van der Waals surface area contributed by atoms with E-state index in [1.165, 1.54) is 5.56 Å². The van der Waals surface area contributed by atoms with Crippen LogP contribution >= 0.6 is 0 Å². The van der Waals surface area contributed by atoms with Gasteiger partial charge in [-0.3, -0.25) is 0 Å². The molecule has 0 heterocycles. The smallest absolute Gasteiger partial charge is 0.0994 e. The average molecular weight is 203 g/mol. The number of nitriles is 1. The van der Waals surface area contributed by atoms with Crippen LogP contribution in [0.5, 0.6) is 0 Å². The second-order valence-corrected chi connectivity index (χ2v) is 3.54. The fourth-order valence-electron chi connectivity index (χ4n) is 1.37. The van der Waals surface area contributed by atoms with Gasteiger partial charge in [0.1, 0.15) is 0 Å². The van der Waals surface area contributed by atoms with Crippen LogP contribution in [0, 0.1) is 11.3 Å². The molecule has 1 heteroatoms. The summed E-state index contributed by atoms with van der Waals surface area (Å²) in [7, 11) is 0. The molecule has 0 fully saturated rings. The highest BCUT2D eigenvalue weighted by molar-refractivity contribution is 5.41. The summed E-state index contributed by atoms with van der Waals surface area (Å²) in [6, 6.07) is 8.42. The highest BCUT2D eigenvalue weighted by Crippen LogP contribution is 2.18. The summed E-state index contributed by atoms with van der Waals surface area (Å²) in [5.74, 6) is 0.498. The Morgan fingerprint density at radius 1 is 1.27 bits per heavy atom. The maximum absolute atomic E-state index is 8.91. The largest absolute Gasteiger partial charge is 0.192 e. The molecule has 0 aliphatic heterocycles. The molecule has 0 unspecified atom stereocenters. The minimum Gasteiger partial charge on any atom is -0.192 e. The van der Waals surface area contributed by atoms with Gasteiger partial charge in [-0.25, -0.2) is 0 Å². The Balaban J connectivity index is 0.000000921. The summed E-state index contributed by atoms with van der Waals surface area (Å²) in [6.45, 7) is 10.4. The summed E-state index contributed by atoms with van der Waals surface area (Å²) >= 11 is 0. The van der Waals surface area contributed by atoms with E-state index in [-0.39, 0.29) is 0 Å². The minimum atomic E-state index is 0.498. The number of nitrogens with zero attached hydrogens (tertiary/aromatic N) is 1. The van der Waals surface area contributed by atoms with Gasteiger partial charge in [0.05, 0.1) is 11.6 Å². The first kappa shape index (κ1) is 13.7. The molecule has 0 aromatic heterocycles. The summed E-state index contributed by atoms with van der Waals surface area (Å²) in [6.07, 6.45) is 0.932. The van der Waals surface area contributed by atoms with E-state index in [2.05, 4.69) is 39.0 Å². The lowest BCUT2D eigenvalue weighted by atomic mass is 9.97. The van der Waals surface area contributed by atoms with E-state index in [0.29, 0.717) is 5.92 Å². The van der Waals surface area contributed by atoms with E-state index in [1.807, 2.05) is 19.9 Å². The summed E-state index contributed by atoms with van der Waals surface area (Å²) < 4.78 is 0. The molecule has 15 heavy (non-hydrogen) atoms. The molecule has 0 saturated heterocycles. The molecule has 0 saturated carbocycles. The molecule has 0 spiro atoms. The Hall–Kier alpha value is -1.29. The zero-order chi connectivity index (χ0) is 11.8. The molecule has 0 aliphatic rings. The maximum Gasteiger partial charge on any atom is 0.0994 e. The minimum absolute atomic E-state index is 0.498. The maximum atomic E-state index is 8.91. The van der Waals surface area contributed by atoms with Crippen molar-refractivity contribution in [2.75, 3.05) is 0 Å². The van der Waals surface area contributed by atoms with Crippen LogP contribution < -0.4 is 0 Å². The molecule has 0 atom stereocenters. The highest BCUT2D eigenvalue weighted by Gasteiger charge is 2.03. The van der Waals surface area contributed by atoms with Crippen LogP contribution in [0.1, 0.15) is 57.2 Å². The molecule has 1 aromatic rings.